The average Bonchev–Trinajstić information content (AvgIpc) is 3.10. The van der Waals surface area contributed by atoms with Gasteiger partial charge in [0.2, 0.25) is 0 Å². The SMILES string of the molecule is Cl.Cl.O=C(NCC1CCN(C2CC2)C1)c1n[nH]c2c1CNCC2. The molecule has 4 rings (SSSR count). The number of hydrogen-bond acceptors (Lipinski definition) is 4. The zero-order valence-corrected chi connectivity index (χ0v) is 14.8. The smallest absolute Gasteiger partial charge is 0.272 e. The van der Waals surface area contributed by atoms with Crippen LogP contribution in [0.4, 0.5) is 0 Å². The molecule has 0 spiro atoms. The van der Waals surface area contributed by atoms with Gasteiger partial charge in [-0.3, -0.25) is 9.89 Å². The number of aromatic nitrogens is 2. The number of amides is 1. The first kappa shape index (κ1) is 18.5. The fourth-order valence-corrected chi connectivity index (χ4v) is 3.53. The molecule has 3 N–H and O–H groups in total. The molecule has 8 heteroatoms. The molecule has 1 saturated carbocycles. The molecule has 2 fully saturated rings. The summed E-state index contributed by atoms with van der Waals surface area (Å²) in [5, 5.41) is 13.6. The predicted octanol–water partition coefficient (Wildman–Crippen LogP) is 1.11. The van der Waals surface area contributed by atoms with E-state index in [0.29, 0.717) is 11.6 Å². The highest BCUT2D eigenvalue weighted by atomic mass is 35.5. The van der Waals surface area contributed by atoms with Crippen LogP contribution in [0, 0.1) is 5.92 Å². The van der Waals surface area contributed by atoms with Gasteiger partial charge in [-0.1, -0.05) is 0 Å². The number of rotatable bonds is 4. The minimum atomic E-state index is -0.0268. The summed E-state index contributed by atoms with van der Waals surface area (Å²) < 4.78 is 0. The number of fused-ring (bicyclic) bond motifs is 1. The van der Waals surface area contributed by atoms with Gasteiger partial charge in [0.15, 0.2) is 5.69 Å². The first-order valence-corrected chi connectivity index (χ1v) is 8.10. The van der Waals surface area contributed by atoms with Crippen molar-refractivity contribution in [3.63, 3.8) is 0 Å². The first-order chi connectivity index (χ1) is 10.3. The molecule has 1 atom stereocenters. The van der Waals surface area contributed by atoms with Crippen LogP contribution in [0.5, 0.6) is 0 Å². The van der Waals surface area contributed by atoms with Crippen molar-refractivity contribution in [2.75, 3.05) is 26.2 Å². The summed E-state index contributed by atoms with van der Waals surface area (Å²) in [6.45, 7) is 4.82. The van der Waals surface area contributed by atoms with Gasteiger partial charge in [0.1, 0.15) is 0 Å². The molecule has 23 heavy (non-hydrogen) atoms. The molecule has 1 unspecified atom stereocenters. The van der Waals surface area contributed by atoms with Crippen molar-refractivity contribution in [1.29, 1.82) is 0 Å². The molecule has 0 aromatic carbocycles. The number of aromatic amines is 1. The second kappa shape index (κ2) is 7.83. The summed E-state index contributed by atoms with van der Waals surface area (Å²) in [6.07, 6.45) is 4.86. The Labute approximate surface area is 149 Å². The van der Waals surface area contributed by atoms with Crippen LogP contribution in [0.2, 0.25) is 0 Å². The Hall–Kier alpha value is -0.820. The minimum absolute atomic E-state index is 0. The molecule has 0 bridgehead atoms. The summed E-state index contributed by atoms with van der Waals surface area (Å²) in [5.41, 5.74) is 2.73. The molecule has 3 aliphatic rings. The second-order valence-corrected chi connectivity index (χ2v) is 6.55. The minimum Gasteiger partial charge on any atom is -0.350 e. The molecule has 1 aliphatic carbocycles. The number of hydrogen-bond donors (Lipinski definition) is 3. The third-order valence-electron chi connectivity index (χ3n) is 4.95. The van der Waals surface area contributed by atoms with Crippen molar-refractivity contribution in [1.82, 2.24) is 25.7 Å². The summed E-state index contributed by atoms with van der Waals surface area (Å²) in [4.78, 5) is 14.9. The Morgan fingerprint density at radius 1 is 1.30 bits per heavy atom. The highest BCUT2D eigenvalue weighted by Crippen LogP contribution is 2.31. The summed E-state index contributed by atoms with van der Waals surface area (Å²) in [7, 11) is 0. The van der Waals surface area contributed by atoms with Gasteiger partial charge in [-0.15, -0.1) is 24.8 Å². The highest BCUT2D eigenvalue weighted by Gasteiger charge is 2.34. The highest BCUT2D eigenvalue weighted by molar-refractivity contribution is 5.94. The molecule has 1 amide bonds. The van der Waals surface area contributed by atoms with E-state index < -0.39 is 0 Å². The fraction of sp³-hybridized carbons (Fsp3) is 0.733. The largest absolute Gasteiger partial charge is 0.350 e. The molecule has 3 heterocycles. The number of nitrogens with one attached hydrogen (secondary N) is 3. The Kier molecular flexibility index (Phi) is 6.31. The van der Waals surface area contributed by atoms with Gasteiger partial charge in [-0.05, 0) is 31.7 Å². The van der Waals surface area contributed by atoms with Crippen molar-refractivity contribution in [2.24, 2.45) is 5.92 Å². The Balaban J connectivity index is 0.000000960. The van der Waals surface area contributed by atoms with Crippen molar-refractivity contribution in [2.45, 2.75) is 38.3 Å². The zero-order chi connectivity index (χ0) is 14.2. The van der Waals surface area contributed by atoms with Gasteiger partial charge >= 0.3 is 0 Å². The summed E-state index contributed by atoms with van der Waals surface area (Å²) in [6, 6.07) is 0.843. The van der Waals surface area contributed by atoms with Gasteiger partial charge in [-0.2, -0.15) is 5.10 Å². The summed E-state index contributed by atoms with van der Waals surface area (Å²) in [5.74, 6) is 0.573. The molecule has 0 radical (unpaired) electrons. The van der Waals surface area contributed by atoms with Crippen LogP contribution in [-0.4, -0.2) is 53.2 Å². The number of halogens is 2. The maximum atomic E-state index is 12.3. The monoisotopic (exact) mass is 361 g/mol. The van der Waals surface area contributed by atoms with Crippen LogP contribution in [0.3, 0.4) is 0 Å². The van der Waals surface area contributed by atoms with Crippen LogP contribution in [0.1, 0.15) is 41.0 Å². The molecule has 1 aromatic rings. The number of likely N-dealkylation sites (tertiary alicyclic amines) is 1. The fourth-order valence-electron chi connectivity index (χ4n) is 3.53. The van der Waals surface area contributed by atoms with E-state index in [4.69, 9.17) is 0 Å². The number of nitrogens with zero attached hydrogens (tertiary/aromatic N) is 2. The molecule has 1 saturated heterocycles. The third kappa shape index (κ3) is 3.99. The molecule has 130 valence electrons. The molecule has 1 aromatic heterocycles. The van der Waals surface area contributed by atoms with E-state index in [1.54, 1.807) is 0 Å². The van der Waals surface area contributed by atoms with Crippen molar-refractivity contribution in [3.05, 3.63) is 17.0 Å². The predicted molar refractivity (Wildman–Crippen MR) is 93.5 cm³/mol. The van der Waals surface area contributed by atoms with Gasteiger partial charge in [0.05, 0.1) is 0 Å². The molecular formula is C15H25Cl2N5O. The van der Waals surface area contributed by atoms with E-state index >= 15 is 0 Å². The Bertz CT molecular complexity index is 546. The molecular weight excluding hydrogens is 337 g/mol. The van der Waals surface area contributed by atoms with Gasteiger partial charge in [0, 0.05) is 49.9 Å². The lowest BCUT2D eigenvalue weighted by Gasteiger charge is -2.15. The lowest BCUT2D eigenvalue weighted by molar-refractivity contribution is 0.0941. The number of H-pyrrole nitrogens is 1. The Morgan fingerprint density at radius 3 is 2.91 bits per heavy atom. The average molecular weight is 362 g/mol. The lowest BCUT2D eigenvalue weighted by Crippen LogP contribution is -2.33. The van der Waals surface area contributed by atoms with E-state index in [9.17, 15) is 4.79 Å². The van der Waals surface area contributed by atoms with Crippen LogP contribution < -0.4 is 10.6 Å². The molecule has 6 nitrogen and oxygen atoms in total. The number of carbonyl (C=O) groups excluding carboxylic acids is 1. The topological polar surface area (TPSA) is 73.0 Å². The number of carbonyl (C=O) groups is 1. The van der Waals surface area contributed by atoms with Gasteiger partial charge < -0.3 is 15.5 Å². The third-order valence-corrected chi connectivity index (χ3v) is 4.95. The van der Waals surface area contributed by atoms with Crippen molar-refractivity contribution in [3.8, 4) is 0 Å². The quantitative estimate of drug-likeness (QED) is 0.751. The maximum Gasteiger partial charge on any atom is 0.272 e. The van der Waals surface area contributed by atoms with E-state index in [-0.39, 0.29) is 30.7 Å². The van der Waals surface area contributed by atoms with E-state index in [2.05, 4.69) is 25.7 Å². The van der Waals surface area contributed by atoms with E-state index in [0.717, 1.165) is 49.9 Å². The van der Waals surface area contributed by atoms with Crippen LogP contribution >= 0.6 is 24.8 Å². The second-order valence-electron chi connectivity index (χ2n) is 6.55. The normalized spacial score (nSPS) is 23.6. The van der Waals surface area contributed by atoms with Gasteiger partial charge in [0.25, 0.3) is 5.91 Å². The molecule has 2 aliphatic heterocycles. The van der Waals surface area contributed by atoms with Crippen LogP contribution in [0.25, 0.3) is 0 Å². The zero-order valence-electron chi connectivity index (χ0n) is 13.1. The summed E-state index contributed by atoms with van der Waals surface area (Å²) >= 11 is 0. The van der Waals surface area contributed by atoms with Crippen molar-refractivity contribution >= 4 is 30.7 Å². The maximum absolute atomic E-state index is 12.3. The Morgan fingerprint density at radius 2 is 2.13 bits per heavy atom. The van der Waals surface area contributed by atoms with Crippen LogP contribution in [0.15, 0.2) is 0 Å². The van der Waals surface area contributed by atoms with E-state index in [1.165, 1.54) is 25.8 Å². The first-order valence-electron chi connectivity index (χ1n) is 8.10. The standard InChI is InChI=1S/C15H23N5O.2ClH/c21-15(14-12-8-16-5-3-13(12)18-19-14)17-7-10-4-6-20(9-10)11-1-2-11;;/h10-11,16H,1-9H2,(H,17,21)(H,18,19);2*1H. The van der Waals surface area contributed by atoms with E-state index in [1.807, 2.05) is 0 Å². The van der Waals surface area contributed by atoms with Crippen molar-refractivity contribution < 1.29 is 4.79 Å². The lowest BCUT2D eigenvalue weighted by atomic mass is 10.1. The van der Waals surface area contributed by atoms with Crippen LogP contribution in [-0.2, 0) is 13.0 Å². The van der Waals surface area contributed by atoms with Gasteiger partial charge in [-0.25, -0.2) is 0 Å².